The lowest BCUT2D eigenvalue weighted by Crippen LogP contribution is -1.86. The van der Waals surface area contributed by atoms with Gasteiger partial charge in [0.15, 0.2) is 0 Å². The fraction of sp³-hybridized carbons (Fsp3) is 0.214. The van der Waals surface area contributed by atoms with Gasteiger partial charge in [0.2, 0.25) is 0 Å². The van der Waals surface area contributed by atoms with E-state index < -0.39 is 0 Å². The van der Waals surface area contributed by atoms with Gasteiger partial charge in [-0.15, -0.1) is 0 Å². The first-order valence-electron chi connectivity index (χ1n) is 5.28. The quantitative estimate of drug-likeness (QED) is 0.655. The molecule has 0 saturated carbocycles. The van der Waals surface area contributed by atoms with Crippen molar-refractivity contribution < 1.29 is 0 Å². The molecule has 0 bridgehead atoms. The first kappa shape index (κ1) is 10.4. The average Bonchev–Trinajstić information content (AvgIpc) is 2.30. The van der Waals surface area contributed by atoms with Crippen LogP contribution in [-0.4, -0.2) is 0 Å². The van der Waals surface area contributed by atoms with Crippen LogP contribution in [0.4, 0.5) is 0 Å². The summed E-state index contributed by atoms with van der Waals surface area (Å²) >= 11 is 0. The van der Waals surface area contributed by atoms with Crippen LogP contribution in [0.15, 0.2) is 48.0 Å². The third-order valence-electron chi connectivity index (χ3n) is 2.59. The molecule has 15 heavy (non-hydrogen) atoms. The van der Waals surface area contributed by atoms with Gasteiger partial charge in [-0.3, -0.25) is 0 Å². The van der Waals surface area contributed by atoms with Crippen molar-refractivity contribution in [2.24, 2.45) is 0 Å². The van der Waals surface area contributed by atoms with Gasteiger partial charge in [0.05, 0.1) is 0 Å². The zero-order chi connectivity index (χ0) is 10.7. The van der Waals surface area contributed by atoms with Gasteiger partial charge in [0.25, 0.3) is 0 Å². The summed E-state index contributed by atoms with van der Waals surface area (Å²) in [6, 6.07) is 13.2. The van der Waals surface area contributed by atoms with E-state index in [4.69, 9.17) is 0 Å². The lowest BCUT2D eigenvalue weighted by Gasteiger charge is -2.06. The van der Waals surface area contributed by atoms with Crippen LogP contribution < -0.4 is 0 Å². The maximum absolute atomic E-state index is 2.22. The normalized spacial score (nSPS) is 10.6. The second-order valence-corrected chi connectivity index (χ2v) is 4.91. The standard InChI is InChI=1S/C14H15P/c1-11(2)12-3-5-13(6-4-12)14-7-9-15-10-8-14/h3-11H,1-2H3. The number of benzene rings is 1. The molecule has 76 valence electrons. The van der Waals surface area contributed by atoms with Crippen LogP contribution in [0.1, 0.15) is 25.3 Å². The van der Waals surface area contributed by atoms with E-state index in [1.165, 1.54) is 24.9 Å². The minimum absolute atomic E-state index is 0.611. The van der Waals surface area contributed by atoms with E-state index in [0.29, 0.717) is 5.92 Å². The summed E-state index contributed by atoms with van der Waals surface area (Å²) in [5.74, 6) is 4.96. The Balaban J connectivity index is 2.32. The smallest absolute Gasteiger partial charge is 0.0177 e. The molecule has 0 unspecified atom stereocenters. The maximum atomic E-state index is 2.22. The Kier molecular flexibility index (Phi) is 3.18. The summed E-state index contributed by atoms with van der Waals surface area (Å²) in [7, 11) is 1.28. The van der Waals surface area contributed by atoms with E-state index in [2.05, 4.69) is 61.8 Å². The van der Waals surface area contributed by atoms with Crippen molar-refractivity contribution in [1.82, 2.24) is 0 Å². The molecular formula is C14H15P. The van der Waals surface area contributed by atoms with E-state index >= 15 is 0 Å². The maximum Gasteiger partial charge on any atom is -0.0177 e. The van der Waals surface area contributed by atoms with E-state index in [1.54, 1.807) is 0 Å². The molecule has 1 aromatic carbocycles. The molecule has 0 nitrogen and oxygen atoms in total. The molecule has 1 heteroatoms. The Bertz CT molecular complexity index is 415. The van der Waals surface area contributed by atoms with Crippen molar-refractivity contribution in [2.75, 3.05) is 0 Å². The minimum Gasteiger partial charge on any atom is -0.0764 e. The van der Waals surface area contributed by atoms with E-state index in [9.17, 15) is 0 Å². The molecule has 0 aliphatic heterocycles. The SMILES string of the molecule is CC(C)c1ccc(-c2ccpcc2)cc1. The third kappa shape index (κ3) is 2.46. The molecule has 0 saturated heterocycles. The van der Waals surface area contributed by atoms with E-state index in [1.807, 2.05) is 0 Å². The molecule has 0 radical (unpaired) electrons. The van der Waals surface area contributed by atoms with Crippen molar-refractivity contribution in [3.05, 3.63) is 53.6 Å². The molecule has 1 heterocycles. The van der Waals surface area contributed by atoms with E-state index in [0.717, 1.165) is 0 Å². The van der Waals surface area contributed by atoms with Crippen molar-refractivity contribution >= 4 is 8.19 Å². The van der Waals surface area contributed by atoms with Crippen molar-refractivity contribution in [2.45, 2.75) is 19.8 Å². The zero-order valence-electron chi connectivity index (χ0n) is 9.14. The number of rotatable bonds is 2. The van der Waals surface area contributed by atoms with Gasteiger partial charge < -0.3 is 0 Å². The summed E-state index contributed by atoms with van der Waals surface area (Å²) in [5, 5.41) is 0. The topological polar surface area (TPSA) is 0 Å². The van der Waals surface area contributed by atoms with Gasteiger partial charge in [-0.1, -0.05) is 46.3 Å². The van der Waals surface area contributed by atoms with Gasteiger partial charge in [0, 0.05) is 0 Å². The molecule has 1 aromatic heterocycles. The molecule has 0 amide bonds. The molecule has 0 spiro atoms. The largest absolute Gasteiger partial charge is 0.0764 e. The van der Waals surface area contributed by atoms with Crippen LogP contribution >= 0.6 is 8.19 Å². The number of hydrogen-bond donors (Lipinski definition) is 0. The van der Waals surface area contributed by atoms with Gasteiger partial charge in [-0.2, -0.15) is 0 Å². The van der Waals surface area contributed by atoms with Crippen LogP contribution in [0.25, 0.3) is 11.1 Å². The average molecular weight is 214 g/mol. The molecule has 0 aliphatic carbocycles. The van der Waals surface area contributed by atoms with Crippen molar-refractivity contribution in [3.8, 4) is 11.1 Å². The number of hydrogen-bond acceptors (Lipinski definition) is 0. The Hall–Kier alpha value is -1.13. The summed E-state index contributed by atoms with van der Waals surface area (Å²) in [6.45, 7) is 4.45. The van der Waals surface area contributed by atoms with Gasteiger partial charge in [-0.25, -0.2) is 0 Å². The lowest BCUT2D eigenvalue weighted by molar-refractivity contribution is 0.867. The molecule has 0 aliphatic rings. The Labute approximate surface area is 93.1 Å². The predicted octanol–water partition coefficient (Wildman–Crippen LogP) is 5.06. The first-order chi connectivity index (χ1) is 7.27. The fourth-order valence-corrected chi connectivity index (χ4v) is 2.20. The highest BCUT2D eigenvalue weighted by Crippen LogP contribution is 2.23. The van der Waals surface area contributed by atoms with Gasteiger partial charge >= 0.3 is 0 Å². The molecule has 0 N–H and O–H groups in total. The summed E-state index contributed by atoms with van der Waals surface area (Å²) in [4.78, 5) is 0. The van der Waals surface area contributed by atoms with Crippen LogP contribution in [-0.2, 0) is 0 Å². The highest BCUT2D eigenvalue weighted by atomic mass is 31.0. The van der Waals surface area contributed by atoms with Crippen LogP contribution in [0.3, 0.4) is 0 Å². The van der Waals surface area contributed by atoms with Crippen molar-refractivity contribution in [3.63, 3.8) is 0 Å². The van der Waals surface area contributed by atoms with Crippen LogP contribution in [0, 0.1) is 0 Å². The third-order valence-corrected chi connectivity index (χ3v) is 3.23. The Morgan fingerprint density at radius 2 is 1.33 bits per heavy atom. The van der Waals surface area contributed by atoms with Gasteiger partial charge in [-0.05, 0) is 46.3 Å². The highest BCUT2D eigenvalue weighted by molar-refractivity contribution is 7.28. The highest BCUT2D eigenvalue weighted by Gasteiger charge is 1.99. The minimum atomic E-state index is 0.611. The molecule has 0 fully saturated rings. The molecule has 0 atom stereocenters. The molecular weight excluding hydrogens is 199 g/mol. The fourth-order valence-electron chi connectivity index (χ4n) is 1.60. The van der Waals surface area contributed by atoms with Crippen LogP contribution in [0.2, 0.25) is 0 Å². The summed E-state index contributed by atoms with van der Waals surface area (Å²) in [5.41, 5.74) is 4.02. The van der Waals surface area contributed by atoms with Crippen molar-refractivity contribution in [1.29, 1.82) is 0 Å². The van der Waals surface area contributed by atoms with Crippen LogP contribution in [0.5, 0.6) is 0 Å². The Morgan fingerprint density at radius 3 is 1.87 bits per heavy atom. The second kappa shape index (κ2) is 4.59. The molecule has 2 aromatic rings. The van der Waals surface area contributed by atoms with Gasteiger partial charge in [0.1, 0.15) is 0 Å². The zero-order valence-corrected chi connectivity index (χ0v) is 10.0. The first-order valence-corrected chi connectivity index (χ1v) is 6.31. The Morgan fingerprint density at radius 1 is 0.800 bits per heavy atom. The summed E-state index contributed by atoms with van der Waals surface area (Å²) < 4.78 is 0. The summed E-state index contributed by atoms with van der Waals surface area (Å²) in [6.07, 6.45) is 0. The lowest BCUT2D eigenvalue weighted by atomic mass is 10.00. The monoisotopic (exact) mass is 214 g/mol. The predicted molar refractivity (Wildman–Crippen MR) is 68.5 cm³/mol. The second-order valence-electron chi connectivity index (χ2n) is 4.01. The van der Waals surface area contributed by atoms with E-state index in [-0.39, 0.29) is 0 Å². The molecule has 2 rings (SSSR count).